The van der Waals surface area contributed by atoms with Gasteiger partial charge in [-0.3, -0.25) is 0 Å². The van der Waals surface area contributed by atoms with Crippen molar-refractivity contribution in [3.8, 4) is 5.75 Å². The number of hydrogen-bond donors (Lipinski definition) is 1. The highest BCUT2D eigenvalue weighted by Gasteiger charge is 1.99. The minimum Gasteiger partial charge on any atom is -0.496 e. The Bertz CT molecular complexity index is 367. The van der Waals surface area contributed by atoms with Gasteiger partial charge in [-0.1, -0.05) is 12.1 Å². The first-order chi connectivity index (χ1) is 6.63. The topological polar surface area (TPSA) is 46.5 Å². The standard InChI is InChI=1S/C11H12O3/c1-8-3-4-9(5-6-11(12)13)10(7-8)14-2/h3-7H,1-2H3,(H,12,13)/b6-5+. The van der Waals surface area contributed by atoms with Crippen molar-refractivity contribution in [2.24, 2.45) is 0 Å². The van der Waals surface area contributed by atoms with Gasteiger partial charge in [0.05, 0.1) is 7.11 Å². The molecule has 3 heteroatoms. The summed E-state index contributed by atoms with van der Waals surface area (Å²) in [5.41, 5.74) is 1.84. The van der Waals surface area contributed by atoms with Crippen molar-refractivity contribution in [3.63, 3.8) is 0 Å². The molecule has 1 N–H and O–H groups in total. The number of methoxy groups -OCH3 is 1. The predicted molar refractivity (Wildman–Crippen MR) is 54.4 cm³/mol. The van der Waals surface area contributed by atoms with Crippen molar-refractivity contribution >= 4 is 12.0 Å². The van der Waals surface area contributed by atoms with Gasteiger partial charge in [-0.05, 0) is 24.6 Å². The molecule has 0 bridgehead atoms. The number of carboxylic acids is 1. The molecule has 0 radical (unpaired) electrons. The van der Waals surface area contributed by atoms with E-state index in [2.05, 4.69) is 0 Å². The van der Waals surface area contributed by atoms with Gasteiger partial charge in [0, 0.05) is 11.6 Å². The summed E-state index contributed by atoms with van der Waals surface area (Å²) in [5.74, 6) is -0.282. The Morgan fingerprint density at radius 3 is 2.79 bits per heavy atom. The van der Waals surface area contributed by atoms with Crippen LogP contribution in [0, 0.1) is 6.92 Å². The molecule has 3 nitrogen and oxygen atoms in total. The van der Waals surface area contributed by atoms with Crippen molar-refractivity contribution in [1.29, 1.82) is 0 Å². The first kappa shape index (κ1) is 10.3. The van der Waals surface area contributed by atoms with Crippen LogP contribution in [0.25, 0.3) is 6.08 Å². The number of carboxylic acid groups (broad SMARTS) is 1. The monoisotopic (exact) mass is 192 g/mol. The van der Waals surface area contributed by atoms with Crippen LogP contribution < -0.4 is 4.74 Å². The normalized spacial score (nSPS) is 10.4. The number of benzene rings is 1. The molecule has 74 valence electrons. The summed E-state index contributed by atoms with van der Waals surface area (Å²) < 4.78 is 5.11. The van der Waals surface area contributed by atoms with Crippen molar-refractivity contribution in [2.75, 3.05) is 7.11 Å². The van der Waals surface area contributed by atoms with E-state index in [9.17, 15) is 4.79 Å². The van der Waals surface area contributed by atoms with Crippen molar-refractivity contribution < 1.29 is 14.6 Å². The first-order valence-corrected chi connectivity index (χ1v) is 4.19. The molecule has 0 saturated carbocycles. The van der Waals surface area contributed by atoms with E-state index in [1.54, 1.807) is 7.11 Å². The van der Waals surface area contributed by atoms with Crippen molar-refractivity contribution in [1.82, 2.24) is 0 Å². The fraction of sp³-hybridized carbons (Fsp3) is 0.182. The number of rotatable bonds is 3. The van der Waals surface area contributed by atoms with E-state index in [-0.39, 0.29) is 0 Å². The smallest absolute Gasteiger partial charge is 0.328 e. The molecule has 1 rings (SSSR count). The fourth-order valence-corrected chi connectivity index (χ4v) is 1.12. The van der Waals surface area contributed by atoms with Gasteiger partial charge in [-0.15, -0.1) is 0 Å². The molecule has 0 aromatic heterocycles. The summed E-state index contributed by atoms with van der Waals surface area (Å²) in [6.07, 6.45) is 2.60. The summed E-state index contributed by atoms with van der Waals surface area (Å²) in [6.45, 7) is 1.95. The quantitative estimate of drug-likeness (QED) is 0.746. The first-order valence-electron chi connectivity index (χ1n) is 4.19. The number of ether oxygens (including phenoxy) is 1. The Hall–Kier alpha value is -1.77. The maximum Gasteiger partial charge on any atom is 0.328 e. The van der Waals surface area contributed by atoms with Gasteiger partial charge in [0.25, 0.3) is 0 Å². The van der Waals surface area contributed by atoms with Crippen LogP contribution in [0.3, 0.4) is 0 Å². The molecule has 0 saturated heterocycles. The molecule has 0 atom stereocenters. The maximum absolute atomic E-state index is 10.3. The highest BCUT2D eigenvalue weighted by Crippen LogP contribution is 2.20. The van der Waals surface area contributed by atoms with Crippen molar-refractivity contribution in [3.05, 3.63) is 35.4 Å². The molecule has 0 spiro atoms. The minimum absolute atomic E-state index is 0.683. The SMILES string of the molecule is COc1cc(C)ccc1/C=C/C(=O)O. The van der Waals surface area contributed by atoms with E-state index in [0.29, 0.717) is 5.75 Å². The van der Waals surface area contributed by atoms with E-state index < -0.39 is 5.97 Å². The third kappa shape index (κ3) is 2.62. The van der Waals surface area contributed by atoms with Crippen molar-refractivity contribution in [2.45, 2.75) is 6.92 Å². The Kier molecular flexibility index (Phi) is 3.29. The molecule has 0 heterocycles. The summed E-state index contributed by atoms with van der Waals surface area (Å²) >= 11 is 0. The van der Waals surface area contributed by atoms with Gasteiger partial charge in [-0.25, -0.2) is 4.79 Å². The second-order valence-electron chi connectivity index (χ2n) is 2.92. The van der Waals surface area contributed by atoms with E-state index in [0.717, 1.165) is 17.2 Å². The number of hydrogen-bond acceptors (Lipinski definition) is 2. The average Bonchev–Trinajstić information content (AvgIpc) is 2.15. The average molecular weight is 192 g/mol. The summed E-state index contributed by atoms with van der Waals surface area (Å²) in [6, 6.07) is 5.60. The Morgan fingerprint density at radius 2 is 2.21 bits per heavy atom. The van der Waals surface area contributed by atoms with Crippen LogP contribution in [0.2, 0.25) is 0 Å². The molecule has 0 unspecified atom stereocenters. The predicted octanol–water partition coefficient (Wildman–Crippen LogP) is 2.10. The van der Waals surface area contributed by atoms with Gasteiger partial charge >= 0.3 is 5.97 Å². The molecule has 0 aliphatic heterocycles. The number of carbonyl (C=O) groups is 1. The Labute approximate surface area is 82.6 Å². The summed E-state index contributed by atoms with van der Waals surface area (Å²) in [5, 5.41) is 8.47. The van der Waals surface area contributed by atoms with E-state index in [1.807, 2.05) is 25.1 Å². The van der Waals surface area contributed by atoms with Crippen LogP contribution in [0.5, 0.6) is 5.75 Å². The Balaban J connectivity index is 3.02. The van der Waals surface area contributed by atoms with Gasteiger partial charge < -0.3 is 9.84 Å². The minimum atomic E-state index is -0.965. The summed E-state index contributed by atoms with van der Waals surface area (Å²) in [4.78, 5) is 10.3. The molecule has 14 heavy (non-hydrogen) atoms. The molecular weight excluding hydrogens is 180 g/mol. The molecular formula is C11H12O3. The molecule has 0 amide bonds. The zero-order valence-corrected chi connectivity index (χ0v) is 8.15. The number of aliphatic carboxylic acids is 1. The van der Waals surface area contributed by atoms with Gasteiger partial charge in [0.15, 0.2) is 0 Å². The highest BCUT2D eigenvalue weighted by molar-refractivity contribution is 5.85. The van der Waals surface area contributed by atoms with E-state index >= 15 is 0 Å². The molecule has 1 aromatic rings. The lowest BCUT2D eigenvalue weighted by Crippen LogP contribution is -1.90. The van der Waals surface area contributed by atoms with Crippen LogP contribution in [-0.4, -0.2) is 18.2 Å². The van der Waals surface area contributed by atoms with Crippen LogP contribution in [0.4, 0.5) is 0 Å². The highest BCUT2D eigenvalue weighted by atomic mass is 16.5. The second-order valence-corrected chi connectivity index (χ2v) is 2.92. The third-order valence-corrected chi connectivity index (χ3v) is 1.79. The lowest BCUT2D eigenvalue weighted by molar-refractivity contribution is -0.131. The molecule has 0 fully saturated rings. The fourth-order valence-electron chi connectivity index (χ4n) is 1.12. The Morgan fingerprint density at radius 1 is 1.50 bits per heavy atom. The molecule has 0 aliphatic carbocycles. The molecule has 0 aliphatic rings. The largest absolute Gasteiger partial charge is 0.496 e. The lowest BCUT2D eigenvalue weighted by Gasteiger charge is -2.04. The second kappa shape index (κ2) is 4.46. The zero-order valence-electron chi connectivity index (χ0n) is 8.15. The lowest BCUT2D eigenvalue weighted by atomic mass is 10.1. The van der Waals surface area contributed by atoms with Crippen LogP contribution in [0.1, 0.15) is 11.1 Å². The summed E-state index contributed by atoms with van der Waals surface area (Å²) in [7, 11) is 1.56. The van der Waals surface area contributed by atoms with Crippen LogP contribution >= 0.6 is 0 Å². The number of aryl methyl sites for hydroxylation is 1. The zero-order chi connectivity index (χ0) is 10.6. The van der Waals surface area contributed by atoms with Gasteiger partial charge in [0.1, 0.15) is 5.75 Å². The van der Waals surface area contributed by atoms with E-state index in [4.69, 9.17) is 9.84 Å². The van der Waals surface area contributed by atoms with Gasteiger partial charge in [0.2, 0.25) is 0 Å². The maximum atomic E-state index is 10.3. The van der Waals surface area contributed by atoms with Crippen LogP contribution in [0.15, 0.2) is 24.3 Å². The molecule has 1 aromatic carbocycles. The van der Waals surface area contributed by atoms with Crippen LogP contribution in [-0.2, 0) is 4.79 Å². The third-order valence-electron chi connectivity index (χ3n) is 1.79. The van der Waals surface area contributed by atoms with Gasteiger partial charge in [-0.2, -0.15) is 0 Å². The van der Waals surface area contributed by atoms with E-state index in [1.165, 1.54) is 6.08 Å².